The molecule has 0 spiro atoms. The number of hydrogen-bond donors (Lipinski definition) is 2. The van der Waals surface area contributed by atoms with Crippen LogP contribution in [0.5, 0.6) is 17.2 Å². The quantitative estimate of drug-likeness (QED) is 0.304. The highest BCUT2D eigenvalue weighted by Crippen LogP contribution is 2.39. The number of hydrogen-bond acceptors (Lipinski definition) is 4. The van der Waals surface area contributed by atoms with Gasteiger partial charge in [0, 0.05) is 25.7 Å². The van der Waals surface area contributed by atoms with E-state index in [0.29, 0.717) is 23.8 Å². The van der Waals surface area contributed by atoms with E-state index in [1.807, 2.05) is 12.1 Å². The molecule has 0 aliphatic heterocycles. The van der Waals surface area contributed by atoms with Gasteiger partial charge in [0.1, 0.15) is 0 Å². The fourth-order valence-corrected chi connectivity index (χ4v) is 3.15. The average molecular weight is 513 g/mol. The largest absolute Gasteiger partial charge is 0.493 e. The summed E-state index contributed by atoms with van der Waals surface area (Å²) in [5.41, 5.74) is 3.68. The van der Waals surface area contributed by atoms with Crippen molar-refractivity contribution in [2.45, 2.75) is 26.3 Å². The summed E-state index contributed by atoms with van der Waals surface area (Å²) in [5, 5.41) is 6.73. The van der Waals surface area contributed by atoms with Crippen LogP contribution in [-0.4, -0.2) is 40.9 Å². The highest BCUT2D eigenvalue weighted by molar-refractivity contribution is 14.0. The van der Waals surface area contributed by atoms with Crippen LogP contribution in [0.1, 0.15) is 23.6 Å². The maximum atomic E-state index is 5.55. The zero-order valence-corrected chi connectivity index (χ0v) is 20.2. The third-order valence-corrected chi connectivity index (χ3v) is 4.64. The van der Waals surface area contributed by atoms with Gasteiger partial charge in [0.2, 0.25) is 5.75 Å². The van der Waals surface area contributed by atoms with Crippen molar-refractivity contribution in [3.63, 3.8) is 0 Å². The number of rotatable bonds is 9. The van der Waals surface area contributed by atoms with Gasteiger partial charge in [0.15, 0.2) is 17.5 Å². The first-order valence-electron chi connectivity index (χ1n) is 9.47. The highest BCUT2D eigenvalue weighted by atomic mass is 127. The van der Waals surface area contributed by atoms with Gasteiger partial charge in [-0.25, -0.2) is 0 Å². The predicted molar refractivity (Wildman–Crippen MR) is 129 cm³/mol. The molecule has 29 heavy (non-hydrogen) atoms. The lowest BCUT2D eigenvalue weighted by atomic mass is 10.1. The van der Waals surface area contributed by atoms with E-state index in [9.17, 15) is 0 Å². The van der Waals surface area contributed by atoms with Crippen LogP contribution in [0.3, 0.4) is 0 Å². The Bertz CT molecular complexity index is 797. The van der Waals surface area contributed by atoms with E-state index < -0.39 is 0 Å². The third-order valence-electron chi connectivity index (χ3n) is 4.64. The van der Waals surface area contributed by atoms with Crippen LogP contribution < -0.4 is 24.8 Å². The van der Waals surface area contributed by atoms with Crippen molar-refractivity contribution in [2.75, 3.05) is 34.9 Å². The summed E-state index contributed by atoms with van der Waals surface area (Å²) in [7, 11) is 6.64. The van der Waals surface area contributed by atoms with Gasteiger partial charge in [0.25, 0.3) is 0 Å². The van der Waals surface area contributed by atoms with Crippen molar-refractivity contribution in [2.24, 2.45) is 4.99 Å². The van der Waals surface area contributed by atoms with Gasteiger partial charge in [-0.2, -0.15) is 0 Å². The van der Waals surface area contributed by atoms with Crippen LogP contribution in [-0.2, 0) is 19.4 Å². The lowest BCUT2D eigenvalue weighted by molar-refractivity contribution is 0.322. The normalized spacial score (nSPS) is 10.7. The fourth-order valence-electron chi connectivity index (χ4n) is 3.15. The Morgan fingerprint density at radius 1 is 0.862 bits per heavy atom. The number of guanidine groups is 1. The molecule has 0 bridgehead atoms. The SMILES string of the molecule is CCc1ccccc1CNC(=NC)NCCc1ccc(OC)c(OC)c1OC.I. The lowest BCUT2D eigenvalue weighted by Gasteiger charge is -2.17. The second-order valence-electron chi connectivity index (χ2n) is 6.22. The molecule has 2 rings (SSSR count). The van der Waals surface area contributed by atoms with E-state index in [1.165, 1.54) is 11.1 Å². The molecule has 0 saturated carbocycles. The number of benzene rings is 2. The highest BCUT2D eigenvalue weighted by Gasteiger charge is 2.15. The first-order chi connectivity index (χ1) is 13.7. The predicted octanol–water partition coefficient (Wildman–Crippen LogP) is 3.80. The minimum atomic E-state index is 0. The number of aliphatic imine (C=N–C) groups is 1. The van der Waals surface area contributed by atoms with Crippen molar-refractivity contribution in [3.05, 3.63) is 53.1 Å². The summed E-state index contributed by atoms with van der Waals surface area (Å²) in [5.74, 6) is 2.73. The number of halogens is 1. The second kappa shape index (κ2) is 13.1. The van der Waals surface area contributed by atoms with Crippen LogP contribution >= 0.6 is 24.0 Å². The third kappa shape index (κ3) is 6.69. The molecule has 0 unspecified atom stereocenters. The molecule has 0 saturated heterocycles. The van der Waals surface area contributed by atoms with Gasteiger partial charge >= 0.3 is 0 Å². The van der Waals surface area contributed by atoms with Gasteiger partial charge in [-0.05, 0) is 30.0 Å². The molecule has 2 N–H and O–H groups in total. The van der Waals surface area contributed by atoms with Crippen LogP contribution in [0, 0.1) is 0 Å². The minimum absolute atomic E-state index is 0. The molecule has 160 valence electrons. The minimum Gasteiger partial charge on any atom is -0.493 e. The maximum absolute atomic E-state index is 5.55. The average Bonchev–Trinajstić information content (AvgIpc) is 2.75. The van der Waals surface area contributed by atoms with Gasteiger partial charge in [-0.1, -0.05) is 37.3 Å². The maximum Gasteiger partial charge on any atom is 0.203 e. The Morgan fingerprint density at radius 2 is 1.55 bits per heavy atom. The molecule has 7 heteroatoms. The molecule has 0 heterocycles. The van der Waals surface area contributed by atoms with Crippen molar-refractivity contribution < 1.29 is 14.2 Å². The molecule has 0 atom stereocenters. The zero-order valence-electron chi connectivity index (χ0n) is 17.9. The number of methoxy groups -OCH3 is 3. The number of ether oxygens (including phenoxy) is 3. The van der Waals surface area contributed by atoms with Crippen LogP contribution in [0.25, 0.3) is 0 Å². The Hall–Kier alpha value is -2.16. The standard InChI is InChI=1S/C22H31N3O3.HI/c1-6-16-9-7-8-10-18(16)15-25-22(23-2)24-14-13-17-11-12-19(26-3)21(28-5)20(17)27-4;/h7-12H,6,13-15H2,1-5H3,(H2,23,24,25);1H. The summed E-state index contributed by atoms with van der Waals surface area (Å²) in [6, 6.07) is 12.3. The molecule has 2 aromatic rings. The zero-order chi connectivity index (χ0) is 20.4. The number of aryl methyl sites for hydroxylation is 1. The molecule has 6 nitrogen and oxygen atoms in total. The molecule has 0 radical (unpaired) electrons. The van der Waals surface area contributed by atoms with E-state index in [4.69, 9.17) is 14.2 Å². The van der Waals surface area contributed by atoms with Crippen molar-refractivity contribution in [1.82, 2.24) is 10.6 Å². The van der Waals surface area contributed by atoms with Crippen molar-refractivity contribution in [1.29, 1.82) is 0 Å². The molecular formula is C22H32IN3O3. The molecule has 0 amide bonds. The molecule has 0 fully saturated rings. The summed E-state index contributed by atoms with van der Waals surface area (Å²) in [6.45, 7) is 3.62. The molecule has 0 aromatic heterocycles. The Kier molecular flexibility index (Phi) is 11.3. The van der Waals surface area contributed by atoms with Crippen molar-refractivity contribution >= 4 is 29.9 Å². The van der Waals surface area contributed by atoms with E-state index in [-0.39, 0.29) is 24.0 Å². The number of nitrogens with zero attached hydrogens (tertiary/aromatic N) is 1. The first-order valence-corrected chi connectivity index (χ1v) is 9.47. The molecular weight excluding hydrogens is 481 g/mol. The summed E-state index contributed by atoms with van der Waals surface area (Å²) < 4.78 is 16.3. The van der Waals surface area contributed by atoms with E-state index >= 15 is 0 Å². The molecule has 0 aliphatic rings. The molecule has 0 aliphatic carbocycles. The summed E-state index contributed by atoms with van der Waals surface area (Å²) in [6.07, 6.45) is 1.78. The summed E-state index contributed by atoms with van der Waals surface area (Å²) in [4.78, 5) is 4.31. The fraction of sp³-hybridized carbons (Fsp3) is 0.409. The van der Waals surface area contributed by atoms with E-state index in [0.717, 1.165) is 30.9 Å². The topological polar surface area (TPSA) is 64.1 Å². The molecule has 2 aromatic carbocycles. The van der Waals surface area contributed by atoms with Gasteiger partial charge < -0.3 is 24.8 Å². The van der Waals surface area contributed by atoms with E-state index in [1.54, 1.807) is 28.4 Å². The monoisotopic (exact) mass is 513 g/mol. The van der Waals surface area contributed by atoms with Gasteiger partial charge in [0.05, 0.1) is 21.3 Å². The first kappa shape index (κ1) is 24.9. The van der Waals surface area contributed by atoms with Gasteiger partial charge in [-0.15, -0.1) is 24.0 Å². The number of nitrogens with one attached hydrogen (secondary N) is 2. The van der Waals surface area contributed by atoms with Gasteiger partial charge in [-0.3, -0.25) is 4.99 Å². The van der Waals surface area contributed by atoms with Crippen LogP contribution in [0.4, 0.5) is 0 Å². The summed E-state index contributed by atoms with van der Waals surface area (Å²) >= 11 is 0. The second-order valence-corrected chi connectivity index (χ2v) is 6.22. The Morgan fingerprint density at radius 3 is 2.14 bits per heavy atom. The lowest BCUT2D eigenvalue weighted by Crippen LogP contribution is -2.38. The smallest absolute Gasteiger partial charge is 0.203 e. The van der Waals surface area contributed by atoms with Crippen LogP contribution in [0.15, 0.2) is 41.4 Å². The Labute approximate surface area is 191 Å². The Balaban J connectivity index is 0.00000420. The van der Waals surface area contributed by atoms with Crippen LogP contribution in [0.2, 0.25) is 0 Å². The van der Waals surface area contributed by atoms with E-state index in [2.05, 4.69) is 46.8 Å². The van der Waals surface area contributed by atoms with Crippen molar-refractivity contribution in [3.8, 4) is 17.2 Å².